The first kappa shape index (κ1) is 8.80. The van der Waals surface area contributed by atoms with Crippen molar-refractivity contribution in [3.63, 3.8) is 0 Å². The molecule has 2 aliphatic heterocycles. The monoisotopic (exact) mass is 318 g/mol. The molecule has 0 radical (unpaired) electrons. The third kappa shape index (κ3) is 2.35. The topological polar surface area (TPSA) is 0 Å². The van der Waals surface area contributed by atoms with Gasteiger partial charge in [0.05, 0.1) is 0 Å². The Morgan fingerprint density at radius 2 is 1.90 bits per heavy atom. The molecular weight excluding hydrogens is 310 g/mol. The molecule has 5 heteroatoms. The van der Waals surface area contributed by atoms with Crippen LogP contribution >= 0.6 is 38.3 Å². The number of thioether (sulfide) groups is 1. The van der Waals surface area contributed by atoms with Crippen LogP contribution in [0.25, 0.3) is 0 Å². The Kier molecular flexibility index (Phi) is 3.92. The molecule has 0 aromatic rings. The predicted molar refractivity (Wildman–Crippen MR) is 59.1 cm³/mol. The van der Waals surface area contributed by atoms with Gasteiger partial charge in [0.1, 0.15) is 0 Å². The molecule has 1 atom stereocenters. The zero-order chi connectivity index (χ0) is 6.81. The van der Waals surface area contributed by atoms with E-state index in [9.17, 15) is 0 Å². The summed E-state index contributed by atoms with van der Waals surface area (Å²) in [6, 6.07) is 0. The molecule has 0 aromatic carbocycles. The van der Waals surface area contributed by atoms with Crippen LogP contribution in [0.4, 0.5) is 0 Å². The van der Waals surface area contributed by atoms with Gasteiger partial charge < -0.3 is 0 Å². The summed E-state index contributed by atoms with van der Waals surface area (Å²) in [5.41, 5.74) is 0. The second kappa shape index (κ2) is 4.45. The molecule has 0 aromatic heterocycles. The SMILES string of the molecule is C1CC([S][Sb]2[S]CC[S]2)S1. The van der Waals surface area contributed by atoms with Gasteiger partial charge >= 0.3 is 82.6 Å². The van der Waals surface area contributed by atoms with E-state index in [1.54, 1.807) is 0 Å². The van der Waals surface area contributed by atoms with Crippen molar-refractivity contribution in [2.45, 2.75) is 11.0 Å². The summed E-state index contributed by atoms with van der Waals surface area (Å²) in [6.07, 6.45) is 1.50. The Bertz CT molecular complexity index is 110. The number of rotatable bonds is 2. The van der Waals surface area contributed by atoms with Crippen molar-refractivity contribution in [1.29, 1.82) is 0 Å². The van der Waals surface area contributed by atoms with Crippen molar-refractivity contribution in [2.75, 3.05) is 17.3 Å². The second-order valence-corrected chi connectivity index (χ2v) is 25.3. The molecule has 2 heterocycles. The van der Waals surface area contributed by atoms with E-state index in [2.05, 4.69) is 38.3 Å². The quantitative estimate of drug-likeness (QED) is 0.717. The first-order valence-electron chi connectivity index (χ1n) is 3.29. The molecule has 1 unspecified atom stereocenters. The summed E-state index contributed by atoms with van der Waals surface area (Å²) in [5, 5.41) is 0. The summed E-state index contributed by atoms with van der Waals surface area (Å²) in [4.78, 5) is 0. The molecule has 2 rings (SSSR count). The molecule has 0 aliphatic carbocycles. The Morgan fingerprint density at radius 3 is 2.40 bits per heavy atom. The fourth-order valence-electron chi connectivity index (χ4n) is 0.715. The van der Waals surface area contributed by atoms with Crippen LogP contribution in [0, 0.1) is 0 Å². The van der Waals surface area contributed by atoms with Crippen LogP contribution in [-0.2, 0) is 0 Å². The number of hydrogen-bond donors (Lipinski definition) is 0. The fourth-order valence-corrected chi connectivity index (χ4v) is 33.6. The Labute approximate surface area is 81.6 Å². The van der Waals surface area contributed by atoms with Crippen molar-refractivity contribution < 1.29 is 0 Å². The maximum atomic E-state index is 2.37. The van der Waals surface area contributed by atoms with Crippen molar-refractivity contribution in [2.24, 2.45) is 0 Å². The molecule has 0 bridgehead atoms. The molecule has 0 saturated carbocycles. The molecule has 10 heavy (non-hydrogen) atoms. The van der Waals surface area contributed by atoms with Crippen molar-refractivity contribution in [3.8, 4) is 0 Å². The Hall–Kier alpha value is 2.22. The van der Waals surface area contributed by atoms with E-state index in [1.807, 2.05) is 0 Å². The average Bonchev–Trinajstić information content (AvgIpc) is 2.29. The van der Waals surface area contributed by atoms with Crippen LogP contribution in [0.2, 0.25) is 0 Å². The summed E-state index contributed by atoms with van der Waals surface area (Å²) in [6.45, 7) is 0. The normalized spacial score (nSPS) is 34.2. The third-order valence-electron chi connectivity index (χ3n) is 1.34. The Balaban J connectivity index is 1.68. The van der Waals surface area contributed by atoms with Gasteiger partial charge in [-0.05, 0) is 0 Å². The zero-order valence-electron chi connectivity index (χ0n) is 5.49. The summed E-state index contributed by atoms with van der Waals surface area (Å²) in [7, 11) is 7.00. The van der Waals surface area contributed by atoms with Gasteiger partial charge in [0.25, 0.3) is 0 Å². The maximum absolute atomic E-state index is 2.37. The molecule has 0 N–H and O–H groups in total. The molecule has 2 aliphatic rings. The van der Waals surface area contributed by atoms with Crippen molar-refractivity contribution in [3.05, 3.63) is 0 Å². The summed E-state index contributed by atoms with van der Waals surface area (Å²) < 4.78 is 1.03. The van der Waals surface area contributed by atoms with Gasteiger partial charge in [-0.1, -0.05) is 0 Å². The van der Waals surface area contributed by atoms with Gasteiger partial charge in [-0.2, -0.15) is 0 Å². The molecule has 0 nitrogen and oxygen atoms in total. The molecular formula is C5H9S4Sb. The molecule has 58 valence electrons. The van der Waals surface area contributed by atoms with E-state index >= 15 is 0 Å². The Morgan fingerprint density at radius 1 is 1.20 bits per heavy atom. The van der Waals surface area contributed by atoms with E-state index in [1.165, 1.54) is 23.7 Å². The standard InChI is InChI=1S/C3H6S2.C2H6S2.Sb/c4-3-1-2-5-3;3-1-2-4;/h3-4H,1-2H2;3-4H,1-2H2;/q;;+3/p-3. The zero-order valence-corrected chi connectivity index (χ0v) is 11.3. The third-order valence-corrected chi connectivity index (χ3v) is 28.8. The number of hydrogen-bond acceptors (Lipinski definition) is 4. The summed E-state index contributed by atoms with van der Waals surface area (Å²) in [5.74, 6) is 4.34. The van der Waals surface area contributed by atoms with E-state index in [-0.39, 0.29) is 0 Å². The minimum absolute atomic E-state index is 0.776. The second-order valence-electron chi connectivity index (χ2n) is 2.08. The fraction of sp³-hybridized carbons (Fsp3) is 1.00. The average molecular weight is 319 g/mol. The summed E-state index contributed by atoms with van der Waals surface area (Å²) >= 11 is 1.40. The van der Waals surface area contributed by atoms with Gasteiger partial charge in [0, 0.05) is 0 Å². The van der Waals surface area contributed by atoms with E-state index in [0.29, 0.717) is 0 Å². The van der Waals surface area contributed by atoms with Crippen LogP contribution < -0.4 is 0 Å². The van der Waals surface area contributed by atoms with Crippen LogP contribution in [0.5, 0.6) is 0 Å². The van der Waals surface area contributed by atoms with Crippen LogP contribution in [0.1, 0.15) is 6.42 Å². The van der Waals surface area contributed by atoms with Gasteiger partial charge in [-0.15, -0.1) is 0 Å². The van der Waals surface area contributed by atoms with Gasteiger partial charge in [-0.25, -0.2) is 0 Å². The van der Waals surface area contributed by atoms with Gasteiger partial charge in [0.2, 0.25) is 0 Å². The van der Waals surface area contributed by atoms with E-state index in [4.69, 9.17) is 0 Å². The molecule has 2 saturated heterocycles. The van der Waals surface area contributed by atoms with Crippen molar-refractivity contribution in [1.82, 2.24) is 0 Å². The first-order chi connectivity index (χ1) is 4.95. The predicted octanol–water partition coefficient (Wildman–Crippen LogP) is 2.65. The van der Waals surface area contributed by atoms with Gasteiger partial charge in [0.15, 0.2) is 0 Å². The van der Waals surface area contributed by atoms with E-state index in [0.717, 1.165) is 4.58 Å². The van der Waals surface area contributed by atoms with Gasteiger partial charge in [-0.3, -0.25) is 0 Å². The minimum atomic E-state index is -0.776. The molecule has 2 fully saturated rings. The van der Waals surface area contributed by atoms with E-state index < -0.39 is 16.0 Å². The van der Waals surface area contributed by atoms with Crippen LogP contribution in [-0.4, -0.2) is 37.8 Å². The first-order valence-corrected chi connectivity index (χ1v) is 16.4. The molecule has 0 amide bonds. The van der Waals surface area contributed by atoms with Crippen LogP contribution in [0.3, 0.4) is 0 Å². The van der Waals surface area contributed by atoms with Crippen LogP contribution in [0.15, 0.2) is 0 Å². The molecule has 0 spiro atoms. The van der Waals surface area contributed by atoms with Crippen molar-refractivity contribution >= 4 is 54.3 Å².